The van der Waals surface area contributed by atoms with E-state index in [2.05, 4.69) is 15.0 Å². The molecule has 3 fully saturated rings. The van der Waals surface area contributed by atoms with Gasteiger partial charge in [-0.3, -0.25) is 28.0 Å². The average Bonchev–Trinajstić information content (AvgIpc) is 3.58. The zero-order valence-electron chi connectivity index (χ0n) is 20.5. The van der Waals surface area contributed by atoms with E-state index in [4.69, 9.17) is 45.1 Å². The summed E-state index contributed by atoms with van der Waals surface area (Å²) in [6.45, 7) is -5.44. The summed E-state index contributed by atoms with van der Waals surface area (Å²) in [4.78, 5) is 61.4. The monoisotopic (exact) mass is 636 g/mol. The van der Waals surface area contributed by atoms with Crippen LogP contribution < -0.4 is 21.9 Å². The number of hydrogen-bond donors (Lipinski definition) is 3. The van der Waals surface area contributed by atoms with Crippen LogP contribution >= 0.6 is 14.5 Å². The van der Waals surface area contributed by atoms with Crippen molar-refractivity contribution in [3.63, 3.8) is 0 Å². The molecule has 4 N–H and O–H groups in total. The number of phosphoric acid groups is 1. The van der Waals surface area contributed by atoms with E-state index in [1.54, 1.807) is 0 Å². The fourth-order valence-electron chi connectivity index (χ4n) is 4.75. The van der Waals surface area contributed by atoms with Gasteiger partial charge in [0.1, 0.15) is 30.2 Å². The third-order valence-corrected chi connectivity index (χ3v) is 9.09. The fraction of sp³-hybridized carbons (Fsp3) is 0.526. The molecule has 0 saturated carbocycles. The number of alkyl halides is 1. The van der Waals surface area contributed by atoms with Gasteiger partial charge in [0.05, 0.1) is 25.6 Å². The SMILES string of the molecule is Nc1ncnc2c1ncn2[C@@H]1O[C@@H]2COP(O)(=S)O[C@H]3[C@@H](F)[C@H](n4ccc(=O)[nH]c4=O)O[C@@H]3COP(=O)([O-])O[C@@H]1C2. The number of ether oxygens (including phenoxy) is 2. The second-order valence-electron chi connectivity index (χ2n) is 9.22. The van der Waals surface area contributed by atoms with Crippen LogP contribution in [0.3, 0.4) is 0 Å². The van der Waals surface area contributed by atoms with Crippen LogP contribution in [-0.2, 0) is 43.9 Å². The van der Waals surface area contributed by atoms with E-state index in [0.29, 0.717) is 0 Å². The van der Waals surface area contributed by atoms with Gasteiger partial charge in [-0.2, -0.15) is 0 Å². The predicted molar refractivity (Wildman–Crippen MR) is 134 cm³/mol. The molecule has 222 valence electrons. The van der Waals surface area contributed by atoms with Crippen LogP contribution in [0.2, 0.25) is 0 Å². The third kappa shape index (κ3) is 5.65. The summed E-state index contributed by atoms with van der Waals surface area (Å²) in [6, 6.07) is 0.957. The Morgan fingerprint density at radius 1 is 1.12 bits per heavy atom. The topological polar surface area (TPSA) is 240 Å². The molecular weight excluding hydrogens is 615 g/mol. The normalized spacial score (nSPS) is 38.2. The van der Waals surface area contributed by atoms with E-state index < -0.39 is 82.0 Å². The Hall–Kier alpha value is -2.48. The van der Waals surface area contributed by atoms with Crippen LogP contribution in [0.4, 0.5) is 10.2 Å². The predicted octanol–water partition coefficient (Wildman–Crippen LogP) is -1.02. The van der Waals surface area contributed by atoms with Crippen molar-refractivity contribution in [1.82, 2.24) is 29.1 Å². The molecule has 18 nitrogen and oxygen atoms in total. The molecule has 0 spiro atoms. The molecule has 0 aromatic carbocycles. The molecule has 6 rings (SSSR count). The first-order valence-electron chi connectivity index (χ1n) is 11.9. The van der Waals surface area contributed by atoms with E-state index in [9.17, 15) is 23.9 Å². The first-order chi connectivity index (χ1) is 19.4. The average molecular weight is 636 g/mol. The summed E-state index contributed by atoms with van der Waals surface area (Å²) in [6.07, 6.45) is -6.89. The number of nitrogens with one attached hydrogen (secondary N) is 1. The Balaban J connectivity index is 1.29. The van der Waals surface area contributed by atoms with Gasteiger partial charge in [0.25, 0.3) is 13.4 Å². The second-order valence-corrected chi connectivity index (χ2v) is 13.4. The van der Waals surface area contributed by atoms with Gasteiger partial charge < -0.3 is 38.6 Å². The second kappa shape index (κ2) is 10.7. The van der Waals surface area contributed by atoms with Crippen molar-refractivity contribution in [1.29, 1.82) is 0 Å². The number of nitrogens with two attached hydrogens (primary N) is 1. The Labute approximate surface area is 233 Å². The van der Waals surface area contributed by atoms with E-state index in [1.807, 2.05) is 4.98 Å². The Morgan fingerprint density at radius 2 is 1.93 bits per heavy atom. The van der Waals surface area contributed by atoms with Crippen molar-refractivity contribution in [2.24, 2.45) is 0 Å². The highest BCUT2D eigenvalue weighted by Crippen LogP contribution is 2.52. The lowest BCUT2D eigenvalue weighted by Crippen LogP contribution is -2.36. The summed E-state index contributed by atoms with van der Waals surface area (Å²) in [5.41, 5.74) is 4.58. The van der Waals surface area contributed by atoms with Crippen molar-refractivity contribution < 1.29 is 46.3 Å². The van der Waals surface area contributed by atoms with Gasteiger partial charge in [-0.1, -0.05) is 0 Å². The van der Waals surface area contributed by atoms with Crippen molar-refractivity contribution >= 4 is 43.3 Å². The number of rotatable bonds is 2. The molecule has 3 aliphatic rings. The molecule has 9 atom stereocenters. The zero-order chi connectivity index (χ0) is 29.1. The van der Waals surface area contributed by atoms with E-state index >= 15 is 4.39 Å². The third-order valence-electron chi connectivity index (χ3n) is 6.54. The highest BCUT2D eigenvalue weighted by Gasteiger charge is 2.51. The number of phosphoric ester groups is 1. The zero-order valence-corrected chi connectivity index (χ0v) is 23.1. The minimum Gasteiger partial charge on any atom is -0.756 e. The fourth-order valence-corrected chi connectivity index (χ4v) is 7.12. The minimum atomic E-state index is -5.13. The summed E-state index contributed by atoms with van der Waals surface area (Å²) < 4.78 is 63.3. The number of hydrogen-bond acceptors (Lipinski definition) is 15. The molecule has 0 radical (unpaired) electrons. The molecule has 2 unspecified atom stereocenters. The van der Waals surface area contributed by atoms with Crippen LogP contribution in [0.25, 0.3) is 11.2 Å². The lowest BCUT2D eigenvalue weighted by molar-refractivity contribution is -0.235. The van der Waals surface area contributed by atoms with E-state index in [0.717, 1.165) is 16.8 Å². The maximum absolute atomic E-state index is 15.6. The van der Waals surface area contributed by atoms with Crippen molar-refractivity contribution in [2.75, 3.05) is 18.9 Å². The van der Waals surface area contributed by atoms with Crippen LogP contribution in [0.5, 0.6) is 0 Å². The number of aromatic amines is 1. The molecular formula is C19H21FN7O11P2S-. The number of halogens is 1. The molecule has 6 heterocycles. The van der Waals surface area contributed by atoms with Crippen LogP contribution in [0.15, 0.2) is 34.5 Å². The summed E-state index contributed by atoms with van der Waals surface area (Å²) >= 11 is 5.07. The number of anilines is 1. The largest absolute Gasteiger partial charge is 0.756 e. The molecule has 0 aliphatic carbocycles. The summed E-state index contributed by atoms with van der Waals surface area (Å²) in [5.74, 6) is 0.0851. The first-order valence-corrected chi connectivity index (χ1v) is 15.9. The van der Waals surface area contributed by atoms with Crippen molar-refractivity contribution in [3.05, 3.63) is 45.8 Å². The lowest BCUT2D eigenvalue weighted by atomic mass is 10.1. The standard InChI is InChI=1S/C19H22FN7O11P2S/c20-12-14-10(36-18(12)26-2-1-11(28)25-19(26)29)5-33-39(30,31)37-9-3-8(4-34-40(32,41)38-14)35-17(9)27-7-24-13-15(21)22-6-23-16(13)27/h1-2,6-10,12,14,17-18H,3-5H2,(H,30,31)(H,32,41)(H2,21,22,23)(H,25,28,29)/p-1/t8-,9+,10+,12+,14+,17+,18+,40?/m0/s1. The first kappa shape index (κ1) is 28.6. The lowest BCUT2D eigenvalue weighted by Gasteiger charge is -2.30. The van der Waals surface area contributed by atoms with Gasteiger partial charge in [0.2, 0.25) is 0 Å². The number of aromatic nitrogens is 6. The maximum Gasteiger partial charge on any atom is 0.330 e. The number of imidazole rings is 1. The van der Waals surface area contributed by atoms with Crippen LogP contribution in [-0.4, -0.2) is 77.8 Å². The molecule has 22 heteroatoms. The molecule has 3 aromatic heterocycles. The van der Waals surface area contributed by atoms with Gasteiger partial charge in [0.15, 0.2) is 30.1 Å². The quantitative estimate of drug-likeness (QED) is 0.285. The van der Waals surface area contributed by atoms with Gasteiger partial charge in [-0.15, -0.1) is 0 Å². The van der Waals surface area contributed by atoms with Gasteiger partial charge in [-0.05, 0) is 11.8 Å². The molecule has 3 aliphatic heterocycles. The Bertz CT molecular complexity index is 1690. The molecule has 2 bridgehead atoms. The van der Waals surface area contributed by atoms with E-state index in [1.165, 1.54) is 17.2 Å². The molecule has 41 heavy (non-hydrogen) atoms. The van der Waals surface area contributed by atoms with E-state index in [-0.39, 0.29) is 23.4 Å². The number of nitrogen functional groups attached to an aromatic ring is 1. The Morgan fingerprint density at radius 3 is 2.71 bits per heavy atom. The van der Waals surface area contributed by atoms with Crippen LogP contribution in [0, 0.1) is 0 Å². The van der Waals surface area contributed by atoms with Gasteiger partial charge >= 0.3 is 12.4 Å². The van der Waals surface area contributed by atoms with Gasteiger partial charge in [0, 0.05) is 18.7 Å². The maximum atomic E-state index is 15.6. The minimum absolute atomic E-state index is 0.0673. The van der Waals surface area contributed by atoms with Crippen LogP contribution in [0.1, 0.15) is 18.9 Å². The molecule has 3 saturated heterocycles. The highest BCUT2D eigenvalue weighted by atomic mass is 32.5. The van der Waals surface area contributed by atoms with Crippen molar-refractivity contribution in [2.45, 2.75) is 49.5 Å². The highest BCUT2D eigenvalue weighted by molar-refractivity contribution is 8.07. The summed E-state index contributed by atoms with van der Waals surface area (Å²) in [5, 5.41) is 0. The van der Waals surface area contributed by atoms with Crippen molar-refractivity contribution in [3.8, 4) is 0 Å². The Kier molecular flexibility index (Phi) is 7.44. The number of nitrogens with zero attached hydrogens (tertiary/aromatic N) is 5. The number of fused-ring (bicyclic) bond motifs is 4. The summed E-state index contributed by atoms with van der Waals surface area (Å²) in [7, 11) is -5.13. The number of H-pyrrole nitrogens is 1. The van der Waals surface area contributed by atoms with Gasteiger partial charge in [-0.25, -0.2) is 24.1 Å². The molecule has 3 aromatic rings. The molecule has 0 amide bonds. The smallest absolute Gasteiger partial charge is 0.330 e.